The van der Waals surface area contributed by atoms with Gasteiger partial charge in [-0.2, -0.15) is 0 Å². The number of benzene rings is 2. The predicted octanol–water partition coefficient (Wildman–Crippen LogP) is 3.06. The van der Waals surface area contributed by atoms with Crippen LogP contribution in [0, 0.1) is 16.2 Å². The first-order valence-electron chi connectivity index (χ1n) is 4.49. The second kappa shape index (κ2) is 3.92. The van der Waals surface area contributed by atoms with E-state index in [-0.39, 0.29) is 5.69 Å². The van der Waals surface area contributed by atoms with Gasteiger partial charge in [0.25, 0.3) is 5.69 Å². The van der Waals surface area contributed by atoms with Crippen LogP contribution >= 0.6 is 0 Å². The molecule has 0 N–H and O–H groups in total. The summed E-state index contributed by atoms with van der Waals surface area (Å²) in [7, 11) is 0. The molecule has 0 heterocycles. The highest BCUT2D eigenvalue weighted by molar-refractivity contribution is 5.72. The highest BCUT2D eigenvalue weighted by Gasteiger charge is 2.13. The van der Waals surface area contributed by atoms with E-state index in [1.54, 1.807) is 12.1 Å². The minimum Gasteiger partial charge on any atom is -0.258 e. The second-order valence-electron chi connectivity index (χ2n) is 3.05. The Hall–Kier alpha value is -2.16. The molecule has 0 bridgehead atoms. The van der Waals surface area contributed by atoms with Crippen molar-refractivity contribution < 1.29 is 4.92 Å². The van der Waals surface area contributed by atoms with Gasteiger partial charge < -0.3 is 0 Å². The van der Waals surface area contributed by atoms with Gasteiger partial charge in [-0.1, -0.05) is 42.5 Å². The highest BCUT2D eigenvalue weighted by Crippen LogP contribution is 2.28. The molecule has 0 unspecified atom stereocenters. The zero-order valence-electron chi connectivity index (χ0n) is 7.88. The Morgan fingerprint density at radius 1 is 1.07 bits per heavy atom. The van der Waals surface area contributed by atoms with Crippen LogP contribution in [-0.4, -0.2) is 4.92 Å². The number of nitrogens with zero attached hydrogens (tertiary/aromatic N) is 1. The Balaban J connectivity index is 2.58. The van der Waals surface area contributed by atoms with Crippen molar-refractivity contribution in [2.75, 3.05) is 0 Å². The average Bonchev–Trinajstić information content (AvgIpc) is 2.30. The molecular formula is C12H8NO2. The van der Waals surface area contributed by atoms with Crippen molar-refractivity contribution in [3.8, 4) is 11.1 Å². The summed E-state index contributed by atoms with van der Waals surface area (Å²) >= 11 is 0. The standard InChI is InChI=1S/C12H8NO2/c14-13(15)12-9-5-4-8-11(12)10-6-2-1-3-7-10/h1-7,9H. The van der Waals surface area contributed by atoms with E-state index in [0.717, 1.165) is 5.56 Å². The van der Waals surface area contributed by atoms with Crippen LogP contribution in [0.3, 0.4) is 0 Å². The van der Waals surface area contributed by atoms with Crippen LogP contribution in [0.15, 0.2) is 48.5 Å². The molecule has 0 aliphatic rings. The molecule has 1 radical (unpaired) electrons. The predicted molar refractivity (Wildman–Crippen MR) is 57.4 cm³/mol. The molecule has 0 aliphatic carbocycles. The van der Waals surface area contributed by atoms with Crippen molar-refractivity contribution in [1.29, 1.82) is 0 Å². The minimum absolute atomic E-state index is 0.0868. The van der Waals surface area contributed by atoms with E-state index in [9.17, 15) is 10.1 Å². The Morgan fingerprint density at radius 2 is 1.80 bits per heavy atom. The first-order valence-corrected chi connectivity index (χ1v) is 4.49. The van der Waals surface area contributed by atoms with Crippen LogP contribution in [0.4, 0.5) is 5.69 Å². The molecule has 15 heavy (non-hydrogen) atoms. The van der Waals surface area contributed by atoms with Crippen LogP contribution in [0.2, 0.25) is 0 Å². The van der Waals surface area contributed by atoms with E-state index in [4.69, 9.17) is 0 Å². The lowest BCUT2D eigenvalue weighted by atomic mass is 10.0. The molecule has 2 aromatic rings. The molecule has 0 amide bonds. The quantitative estimate of drug-likeness (QED) is 0.549. The summed E-state index contributed by atoms with van der Waals surface area (Å²) < 4.78 is 0. The van der Waals surface area contributed by atoms with Crippen LogP contribution < -0.4 is 0 Å². The van der Waals surface area contributed by atoms with Crippen molar-refractivity contribution >= 4 is 5.69 Å². The molecule has 0 atom stereocenters. The molecule has 0 saturated heterocycles. The molecule has 73 valence electrons. The van der Waals surface area contributed by atoms with Gasteiger partial charge in [-0.3, -0.25) is 10.1 Å². The van der Waals surface area contributed by atoms with Crippen molar-refractivity contribution in [2.45, 2.75) is 0 Å². The van der Waals surface area contributed by atoms with E-state index in [2.05, 4.69) is 6.07 Å². The van der Waals surface area contributed by atoms with Crippen LogP contribution in [0.25, 0.3) is 11.1 Å². The summed E-state index contributed by atoms with van der Waals surface area (Å²) in [6, 6.07) is 16.9. The third-order valence-electron chi connectivity index (χ3n) is 2.09. The summed E-state index contributed by atoms with van der Waals surface area (Å²) in [4.78, 5) is 10.4. The molecule has 2 rings (SSSR count). The van der Waals surface area contributed by atoms with Crippen LogP contribution in [0.5, 0.6) is 0 Å². The van der Waals surface area contributed by atoms with Gasteiger partial charge in [-0.15, -0.1) is 0 Å². The summed E-state index contributed by atoms with van der Waals surface area (Å²) in [6.45, 7) is 0. The maximum absolute atomic E-state index is 10.8. The molecule has 0 spiro atoms. The van der Waals surface area contributed by atoms with Gasteiger partial charge in [0, 0.05) is 6.07 Å². The maximum atomic E-state index is 10.8. The number of hydrogen-bond donors (Lipinski definition) is 0. The molecule has 0 saturated carbocycles. The Bertz CT molecular complexity index is 480. The SMILES string of the molecule is O=[N+]([O-])c1ccc[c]c1-c1ccccc1. The normalized spacial score (nSPS) is 9.87. The maximum Gasteiger partial charge on any atom is 0.277 e. The summed E-state index contributed by atoms with van der Waals surface area (Å²) in [6.07, 6.45) is 0. The fraction of sp³-hybridized carbons (Fsp3) is 0. The molecule has 0 aliphatic heterocycles. The van der Waals surface area contributed by atoms with E-state index in [1.807, 2.05) is 30.3 Å². The summed E-state index contributed by atoms with van der Waals surface area (Å²) in [5, 5.41) is 10.8. The third-order valence-corrected chi connectivity index (χ3v) is 2.09. The monoisotopic (exact) mass is 198 g/mol. The first kappa shape index (κ1) is 9.40. The van der Waals surface area contributed by atoms with E-state index in [1.165, 1.54) is 6.07 Å². The van der Waals surface area contributed by atoms with Crippen molar-refractivity contribution in [1.82, 2.24) is 0 Å². The van der Waals surface area contributed by atoms with Gasteiger partial charge in [0.1, 0.15) is 0 Å². The van der Waals surface area contributed by atoms with Gasteiger partial charge in [0.2, 0.25) is 0 Å². The first-order chi connectivity index (χ1) is 7.29. The van der Waals surface area contributed by atoms with Crippen LogP contribution in [0.1, 0.15) is 0 Å². The van der Waals surface area contributed by atoms with Gasteiger partial charge in [0.15, 0.2) is 0 Å². The summed E-state index contributed by atoms with van der Waals surface area (Å²) in [5.74, 6) is 0. The lowest BCUT2D eigenvalue weighted by molar-refractivity contribution is -0.384. The van der Waals surface area contributed by atoms with Crippen molar-refractivity contribution in [2.24, 2.45) is 0 Å². The minimum atomic E-state index is -0.390. The molecule has 2 aromatic carbocycles. The average molecular weight is 198 g/mol. The van der Waals surface area contributed by atoms with Crippen molar-refractivity contribution in [3.05, 3.63) is 64.7 Å². The van der Waals surface area contributed by atoms with E-state index in [0.29, 0.717) is 5.56 Å². The lowest BCUT2D eigenvalue weighted by Gasteiger charge is -2.01. The van der Waals surface area contributed by atoms with Gasteiger partial charge >= 0.3 is 0 Å². The Kier molecular flexibility index (Phi) is 2.46. The number of nitro groups is 1. The molecule has 0 fully saturated rings. The third kappa shape index (κ3) is 1.86. The topological polar surface area (TPSA) is 43.1 Å². The molecular weight excluding hydrogens is 190 g/mol. The zero-order valence-corrected chi connectivity index (χ0v) is 7.88. The molecule has 3 nitrogen and oxygen atoms in total. The fourth-order valence-electron chi connectivity index (χ4n) is 1.42. The number of rotatable bonds is 2. The lowest BCUT2D eigenvalue weighted by Crippen LogP contribution is -1.91. The number of hydrogen-bond acceptors (Lipinski definition) is 2. The summed E-state index contributed by atoms with van der Waals surface area (Å²) in [5.41, 5.74) is 1.43. The van der Waals surface area contributed by atoms with Crippen LogP contribution in [-0.2, 0) is 0 Å². The fourth-order valence-corrected chi connectivity index (χ4v) is 1.42. The van der Waals surface area contributed by atoms with E-state index >= 15 is 0 Å². The Labute approximate surface area is 87.1 Å². The largest absolute Gasteiger partial charge is 0.277 e. The van der Waals surface area contributed by atoms with Gasteiger partial charge in [-0.05, 0) is 11.6 Å². The number of nitro benzene ring substituents is 1. The molecule has 3 heteroatoms. The Morgan fingerprint density at radius 3 is 2.47 bits per heavy atom. The second-order valence-corrected chi connectivity index (χ2v) is 3.05. The van der Waals surface area contributed by atoms with E-state index < -0.39 is 4.92 Å². The van der Waals surface area contributed by atoms with Gasteiger partial charge in [-0.25, -0.2) is 0 Å². The zero-order chi connectivity index (χ0) is 10.7. The highest BCUT2D eigenvalue weighted by atomic mass is 16.6. The van der Waals surface area contributed by atoms with Gasteiger partial charge in [0.05, 0.1) is 10.5 Å². The molecule has 0 aromatic heterocycles. The van der Waals surface area contributed by atoms with Crippen molar-refractivity contribution in [3.63, 3.8) is 0 Å². The smallest absolute Gasteiger partial charge is 0.258 e.